The summed E-state index contributed by atoms with van der Waals surface area (Å²) in [7, 11) is 0. The number of carbonyl (C=O) groups excluding carboxylic acids is 2. The van der Waals surface area contributed by atoms with Gasteiger partial charge >= 0.3 is 0 Å². The molecule has 2 N–H and O–H groups in total. The Bertz CT molecular complexity index is 1260. The maximum Gasteiger partial charge on any atom is 0.251 e. The largest absolute Gasteiger partial charge is 0.492 e. The van der Waals surface area contributed by atoms with Gasteiger partial charge in [-0.05, 0) is 60.6 Å². The van der Waals surface area contributed by atoms with Crippen molar-refractivity contribution in [1.82, 2.24) is 20.2 Å². The molecule has 0 saturated carbocycles. The van der Waals surface area contributed by atoms with Gasteiger partial charge in [-0.2, -0.15) is 0 Å². The van der Waals surface area contributed by atoms with E-state index in [2.05, 4.69) is 20.6 Å². The van der Waals surface area contributed by atoms with Crippen LogP contribution >= 0.6 is 0 Å². The minimum absolute atomic E-state index is 0.0582. The number of rotatable bonds is 8. The molecule has 0 spiro atoms. The van der Waals surface area contributed by atoms with Crippen molar-refractivity contribution < 1.29 is 14.3 Å². The van der Waals surface area contributed by atoms with Crippen LogP contribution in [-0.4, -0.2) is 52.9 Å². The normalized spacial score (nSPS) is 15.1. The van der Waals surface area contributed by atoms with Gasteiger partial charge in [-0.15, -0.1) is 0 Å². The Balaban J connectivity index is 1.16. The summed E-state index contributed by atoms with van der Waals surface area (Å²) < 4.78 is 5.95. The molecule has 1 saturated heterocycles. The number of hydrogen-bond donors (Lipinski definition) is 2. The van der Waals surface area contributed by atoms with E-state index in [1.165, 1.54) is 0 Å². The summed E-state index contributed by atoms with van der Waals surface area (Å²) in [5, 5.41) is 6.50. The molecular formula is C29H33N5O3. The summed E-state index contributed by atoms with van der Waals surface area (Å²) in [5.41, 5.74) is 4.76. The maximum atomic E-state index is 12.8. The molecular weight excluding hydrogens is 466 g/mol. The average molecular weight is 500 g/mol. The lowest BCUT2D eigenvalue weighted by atomic mass is 9.93. The molecule has 2 aromatic heterocycles. The van der Waals surface area contributed by atoms with E-state index in [9.17, 15) is 9.59 Å². The summed E-state index contributed by atoms with van der Waals surface area (Å²) in [4.78, 5) is 34.9. The van der Waals surface area contributed by atoms with Gasteiger partial charge in [-0.1, -0.05) is 12.1 Å². The number of anilines is 1. The predicted octanol–water partition coefficient (Wildman–Crippen LogP) is 4.07. The molecule has 0 unspecified atom stereocenters. The molecule has 1 fully saturated rings. The summed E-state index contributed by atoms with van der Waals surface area (Å²) in [5.74, 6) is 2.34. The van der Waals surface area contributed by atoms with E-state index in [0.29, 0.717) is 31.2 Å². The van der Waals surface area contributed by atoms with Crippen LogP contribution in [0.1, 0.15) is 47.7 Å². The molecule has 0 aliphatic carbocycles. The molecule has 1 aromatic carbocycles. The highest BCUT2D eigenvalue weighted by molar-refractivity contribution is 5.94. The zero-order valence-electron chi connectivity index (χ0n) is 21.2. The molecule has 2 amide bonds. The van der Waals surface area contributed by atoms with E-state index in [1.54, 1.807) is 19.3 Å². The van der Waals surface area contributed by atoms with Crippen LogP contribution in [0, 0.1) is 5.92 Å². The smallest absolute Gasteiger partial charge is 0.251 e. The molecule has 3 aromatic rings. The Kier molecular flexibility index (Phi) is 7.63. The van der Waals surface area contributed by atoms with Crippen LogP contribution in [0.4, 0.5) is 5.82 Å². The summed E-state index contributed by atoms with van der Waals surface area (Å²) in [6, 6.07) is 11.6. The quantitative estimate of drug-likeness (QED) is 0.485. The van der Waals surface area contributed by atoms with Crippen LogP contribution in [0.2, 0.25) is 0 Å². The van der Waals surface area contributed by atoms with Crippen molar-refractivity contribution in [2.75, 3.05) is 31.6 Å². The summed E-state index contributed by atoms with van der Waals surface area (Å²) >= 11 is 0. The molecule has 2 aliphatic heterocycles. The molecule has 8 nitrogen and oxygen atoms in total. The first-order valence-corrected chi connectivity index (χ1v) is 13.0. The lowest BCUT2D eigenvalue weighted by Crippen LogP contribution is -2.38. The monoisotopic (exact) mass is 499 g/mol. The fraction of sp³-hybridized carbons (Fsp3) is 0.379. The van der Waals surface area contributed by atoms with Crippen molar-refractivity contribution in [2.45, 2.75) is 39.2 Å². The van der Waals surface area contributed by atoms with Crippen LogP contribution in [-0.2, 0) is 17.8 Å². The molecule has 2 aliphatic rings. The van der Waals surface area contributed by atoms with E-state index >= 15 is 0 Å². The van der Waals surface area contributed by atoms with Crippen LogP contribution in [0.25, 0.3) is 11.1 Å². The molecule has 0 atom stereocenters. The van der Waals surface area contributed by atoms with E-state index in [4.69, 9.17) is 4.74 Å². The number of carbonyl (C=O) groups is 2. The third-order valence-electron chi connectivity index (χ3n) is 7.26. The Morgan fingerprint density at radius 1 is 1.14 bits per heavy atom. The molecule has 8 heteroatoms. The van der Waals surface area contributed by atoms with Gasteiger partial charge in [-0.25, -0.2) is 4.98 Å². The van der Waals surface area contributed by atoms with Crippen molar-refractivity contribution in [1.29, 1.82) is 0 Å². The van der Waals surface area contributed by atoms with Gasteiger partial charge < -0.3 is 20.3 Å². The van der Waals surface area contributed by atoms with Gasteiger partial charge in [0.05, 0.1) is 6.61 Å². The number of nitrogens with zero attached hydrogens (tertiary/aromatic N) is 3. The minimum atomic E-state index is -0.0582. The second-order valence-electron chi connectivity index (χ2n) is 9.71. The van der Waals surface area contributed by atoms with E-state index in [1.807, 2.05) is 47.5 Å². The van der Waals surface area contributed by atoms with Gasteiger partial charge in [-0.3, -0.25) is 14.6 Å². The zero-order chi connectivity index (χ0) is 25.6. The van der Waals surface area contributed by atoms with Crippen molar-refractivity contribution in [2.24, 2.45) is 5.92 Å². The number of nitrogens with one attached hydrogen (secondary N) is 2. The number of fused-ring (bicyclic) bond motifs is 1. The first-order valence-electron chi connectivity index (χ1n) is 13.0. The fourth-order valence-electron chi connectivity index (χ4n) is 5.11. The number of likely N-dealkylation sites (tertiary alicyclic amines) is 1. The van der Waals surface area contributed by atoms with Crippen LogP contribution in [0.15, 0.2) is 55.0 Å². The highest BCUT2D eigenvalue weighted by atomic mass is 16.5. The number of ether oxygens (including phenoxy) is 1. The maximum absolute atomic E-state index is 12.8. The van der Waals surface area contributed by atoms with Crippen LogP contribution < -0.4 is 15.4 Å². The molecule has 192 valence electrons. The molecule has 37 heavy (non-hydrogen) atoms. The third kappa shape index (κ3) is 5.90. The Labute approximate surface area is 217 Å². The van der Waals surface area contributed by atoms with Gasteiger partial charge in [0.15, 0.2) is 0 Å². The topological polar surface area (TPSA) is 96.5 Å². The minimum Gasteiger partial charge on any atom is -0.492 e. The SMILES string of the molecule is CC(=O)N1CCC(CCNC(=O)c2cccc(CNc3ncc(-c4ccncc4)c4c3CCO4)c2)CC1. The highest BCUT2D eigenvalue weighted by Crippen LogP contribution is 2.39. The van der Waals surface area contributed by atoms with Gasteiger partial charge in [0, 0.05) is 74.8 Å². The number of pyridine rings is 2. The number of hydrogen-bond acceptors (Lipinski definition) is 6. The average Bonchev–Trinajstić information content (AvgIpc) is 3.43. The molecule has 4 heterocycles. The summed E-state index contributed by atoms with van der Waals surface area (Å²) in [6.45, 7) is 5.11. The van der Waals surface area contributed by atoms with Crippen molar-refractivity contribution >= 4 is 17.6 Å². The Hall–Kier alpha value is -3.94. The second-order valence-corrected chi connectivity index (χ2v) is 9.71. The van der Waals surface area contributed by atoms with Crippen molar-refractivity contribution in [3.05, 3.63) is 71.7 Å². The van der Waals surface area contributed by atoms with Crippen LogP contribution in [0.3, 0.4) is 0 Å². The third-order valence-corrected chi connectivity index (χ3v) is 7.26. The number of amides is 2. The summed E-state index contributed by atoms with van der Waals surface area (Å²) in [6.07, 6.45) is 9.13. The zero-order valence-corrected chi connectivity index (χ0v) is 21.2. The van der Waals surface area contributed by atoms with E-state index in [-0.39, 0.29) is 11.8 Å². The first-order chi connectivity index (χ1) is 18.1. The molecule has 0 radical (unpaired) electrons. The fourth-order valence-corrected chi connectivity index (χ4v) is 5.11. The van der Waals surface area contributed by atoms with Gasteiger partial charge in [0.25, 0.3) is 5.91 Å². The lowest BCUT2D eigenvalue weighted by molar-refractivity contribution is -0.130. The van der Waals surface area contributed by atoms with Crippen LogP contribution in [0.5, 0.6) is 5.75 Å². The molecule has 0 bridgehead atoms. The van der Waals surface area contributed by atoms with E-state index in [0.717, 1.165) is 72.6 Å². The van der Waals surface area contributed by atoms with E-state index < -0.39 is 0 Å². The first kappa shape index (κ1) is 24.7. The highest BCUT2D eigenvalue weighted by Gasteiger charge is 2.23. The number of piperidine rings is 1. The second kappa shape index (κ2) is 11.4. The predicted molar refractivity (Wildman–Crippen MR) is 142 cm³/mol. The van der Waals surface area contributed by atoms with Crippen molar-refractivity contribution in [3.8, 4) is 16.9 Å². The van der Waals surface area contributed by atoms with Gasteiger partial charge in [0.1, 0.15) is 11.6 Å². The lowest BCUT2D eigenvalue weighted by Gasteiger charge is -2.31. The standard InChI is InChI=1S/C29H33N5O3/c1-20(35)34-14-8-21(9-15-34)5-13-31-29(36)24-4-2-3-22(17-24)18-32-28-25-10-16-37-27(25)26(19-33-28)23-6-11-30-12-7-23/h2-4,6-7,11-12,17,19,21H,5,8-10,13-16,18H2,1H3,(H,31,36)(H,32,33). The Morgan fingerprint density at radius 2 is 1.95 bits per heavy atom. The van der Waals surface area contributed by atoms with Gasteiger partial charge in [0.2, 0.25) is 5.91 Å². The number of benzene rings is 1. The van der Waals surface area contributed by atoms with Crippen molar-refractivity contribution in [3.63, 3.8) is 0 Å². The molecule has 5 rings (SSSR count). The Morgan fingerprint density at radius 3 is 2.73 bits per heavy atom. The number of aromatic nitrogens is 2.